The van der Waals surface area contributed by atoms with Gasteiger partial charge >= 0.3 is 0 Å². The number of aromatic nitrogens is 2. The van der Waals surface area contributed by atoms with Crippen LogP contribution in [0.2, 0.25) is 0 Å². The van der Waals surface area contributed by atoms with Crippen molar-refractivity contribution in [2.45, 2.75) is 39.7 Å². The minimum atomic E-state index is -0.252. The lowest BCUT2D eigenvalue weighted by Gasteiger charge is -2.34. The van der Waals surface area contributed by atoms with Gasteiger partial charge in [0.05, 0.1) is 6.54 Å². The van der Waals surface area contributed by atoms with Gasteiger partial charge in [0, 0.05) is 25.7 Å². The number of likely N-dealkylation sites (tertiary alicyclic amines) is 1. The van der Waals surface area contributed by atoms with Gasteiger partial charge in [-0.05, 0) is 55.8 Å². The highest BCUT2D eigenvalue weighted by Gasteiger charge is 2.21. The van der Waals surface area contributed by atoms with E-state index in [1.807, 2.05) is 30.3 Å². The third-order valence-electron chi connectivity index (χ3n) is 5.55. The third-order valence-corrected chi connectivity index (χ3v) is 5.55. The second-order valence-corrected chi connectivity index (χ2v) is 8.61. The van der Waals surface area contributed by atoms with Crippen molar-refractivity contribution in [3.63, 3.8) is 0 Å². The van der Waals surface area contributed by atoms with E-state index in [1.165, 1.54) is 36.3 Å². The number of carbonyl (C=O) groups is 1. The van der Waals surface area contributed by atoms with Crippen molar-refractivity contribution in [1.29, 1.82) is 0 Å². The highest BCUT2D eigenvalue weighted by molar-refractivity contribution is 5.91. The first-order valence-electron chi connectivity index (χ1n) is 11.3. The van der Waals surface area contributed by atoms with Gasteiger partial charge in [-0.3, -0.25) is 9.59 Å². The molecule has 1 N–H and O–H groups in total. The van der Waals surface area contributed by atoms with Gasteiger partial charge in [0.25, 0.3) is 11.5 Å². The van der Waals surface area contributed by atoms with Crippen LogP contribution in [0.3, 0.4) is 0 Å². The van der Waals surface area contributed by atoms with Gasteiger partial charge in [-0.1, -0.05) is 32.0 Å². The zero-order valence-electron chi connectivity index (χ0n) is 18.6. The number of unbranched alkanes of at least 4 members (excludes halogenated alkanes) is 1. The van der Waals surface area contributed by atoms with E-state index in [4.69, 9.17) is 4.74 Å². The molecular weight excluding hydrogens is 392 g/mol. The number of ether oxygens (including phenoxy) is 1. The molecular formula is C24H34N4O3. The third kappa shape index (κ3) is 7.51. The molecule has 0 aliphatic carbocycles. The SMILES string of the molecule is C[C@H]1C[C@H](C)CN(CCCCNC(=O)c2ccc(=O)n(CCOc3ccccc3)n2)C1. The zero-order chi connectivity index (χ0) is 22.1. The van der Waals surface area contributed by atoms with E-state index in [9.17, 15) is 9.59 Å². The van der Waals surface area contributed by atoms with Gasteiger partial charge in [-0.2, -0.15) is 5.10 Å². The lowest BCUT2D eigenvalue weighted by molar-refractivity contribution is 0.0943. The van der Waals surface area contributed by atoms with Crippen LogP contribution in [0.4, 0.5) is 0 Å². The predicted molar refractivity (Wildman–Crippen MR) is 121 cm³/mol. The van der Waals surface area contributed by atoms with Crippen molar-refractivity contribution in [2.75, 3.05) is 32.8 Å². The number of nitrogens with zero attached hydrogens (tertiary/aromatic N) is 3. The molecule has 0 spiro atoms. The average Bonchev–Trinajstić information content (AvgIpc) is 2.75. The Bertz CT molecular complexity index is 874. The van der Waals surface area contributed by atoms with E-state index in [0.717, 1.165) is 37.0 Å². The Morgan fingerprint density at radius 1 is 1.06 bits per heavy atom. The average molecular weight is 427 g/mol. The molecule has 1 aliphatic rings. The number of rotatable bonds is 10. The molecule has 1 aromatic carbocycles. The largest absolute Gasteiger partial charge is 0.492 e. The van der Waals surface area contributed by atoms with E-state index in [1.54, 1.807) is 0 Å². The maximum atomic E-state index is 12.4. The summed E-state index contributed by atoms with van der Waals surface area (Å²) in [5.41, 5.74) is -0.00353. The molecule has 3 rings (SSSR count). The topological polar surface area (TPSA) is 76.5 Å². The van der Waals surface area contributed by atoms with Crippen LogP contribution in [-0.4, -0.2) is 53.4 Å². The second kappa shape index (κ2) is 11.6. The summed E-state index contributed by atoms with van der Waals surface area (Å²) in [5, 5.41) is 7.11. The summed E-state index contributed by atoms with van der Waals surface area (Å²) in [5.74, 6) is 2.02. The van der Waals surface area contributed by atoms with Gasteiger partial charge in [0.15, 0.2) is 0 Å². The monoisotopic (exact) mass is 426 g/mol. The van der Waals surface area contributed by atoms with E-state index in [2.05, 4.69) is 29.2 Å². The molecule has 0 bridgehead atoms. The predicted octanol–water partition coefficient (Wildman–Crippen LogP) is 2.81. The second-order valence-electron chi connectivity index (χ2n) is 8.61. The fourth-order valence-electron chi connectivity index (χ4n) is 4.22. The minimum Gasteiger partial charge on any atom is -0.492 e. The van der Waals surface area contributed by atoms with Crippen LogP contribution in [0.1, 0.15) is 43.6 Å². The Morgan fingerprint density at radius 3 is 2.55 bits per heavy atom. The van der Waals surface area contributed by atoms with Gasteiger partial charge in [0.1, 0.15) is 18.1 Å². The van der Waals surface area contributed by atoms with Crippen molar-refractivity contribution in [3.8, 4) is 5.75 Å². The van der Waals surface area contributed by atoms with Crippen LogP contribution in [-0.2, 0) is 6.54 Å². The van der Waals surface area contributed by atoms with Crippen LogP contribution >= 0.6 is 0 Å². The molecule has 1 saturated heterocycles. The molecule has 168 valence electrons. The number of piperidine rings is 1. The number of hydrogen-bond acceptors (Lipinski definition) is 5. The van der Waals surface area contributed by atoms with Crippen molar-refractivity contribution >= 4 is 5.91 Å². The lowest BCUT2D eigenvalue weighted by atomic mass is 9.92. The first-order chi connectivity index (χ1) is 15.0. The Kier molecular flexibility index (Phi) is 8.64. The normalized spacial score (nSPS) is 19.2. The summed E-state index contributed by atoms with van der Waals surface area (Å²) < 4.78 is 6.89. The number of amides is 1. The molecule has 0 radical (unpaired) electrons. The molecule has 1 aliphatic heterocycles. The first kappa shape index (κ1) is 23.0. The Labute approximate surface area is 184 Å². The number of hydrogen-bond donors (Lipinski definition) is 1. The molecule has 2 aromatic rings. The van der Waals surface area contributed by atoms with E-state index in [-0.39, 0.29) is 23.7 Å². The van der Waals surface area contributed by atoms with Gasteiger partial charge in [-0.25, -0.2) is 4.68 Å². The van der Waals surface area contributed by atoms with Crippen LogP contribution in [0, 0.1) is 11.8 Å². The van der Waals surface area contributed by atoms with Crippen molar-refractivity contribution < 1.29 is 9.53 Å². The summed E-state index contributed by atoms with van der Waals surface area (Å²) in [6, 6.07) is 12.2. The number of nitrogens with one attached hydrogen (secondary N) is 1. The fourth-order valence-corrected chi connectivity index (χ4v) is 4.22. The standard InChI is InChI=1S/C24H34N4O3/c1-19-16-20(2)18-27(17-19)13-7-6-12-25-24(30)22-10-11-23(29)28(26-22)14-15-31-21-8-4-3-5-9-21/h3-5,8-11,19-20H,6-7,12-18H2,1-2H3,(H,25,30)/t19-,20-/m0/s1. The highest BCUT2D eigenvalue weighted by atomic mass is 16.5. The molecule has 7 heteroatoms. The van der Waals surface area contributed by atoms with Crippen molar-refractivity contribution in [3.05, 3.63) is 58.5 Å². The van der Waals surface area contributed by atoms with Crippen LogP contribution < -0.4 is 15.6 Å². The quantitative estimate of drug-likeness (QED) is 0.591. The summed E-state index contributed by atoms with van der Waals surface area (Å²) in [6.07, 6.45) is 3.30. The Balaban J connectivity index is 1.39. The fraction of sp³-hybridized carbons (Fsp3) is 0.542. The smallest absolute Gasteiger partial charge is 0.271 e. The van der Waals surface area contributed by atoms with E-state index < -0.39 is 0 Å². The van der Waals surface area contributed by atoms with Crippen molar-refractivity contribution in [2.24, 2.45) is 11.8 Å². The molecule has 2 atom stereocenters. The summed E-state index contributed by atoms with van der Waals surface area (Å²) in [6.45, 7) is 9.26. The number of carbonyl (C=O) groups excluding carboxylic acids is 1. The van der Waals surface area contributed by atoms with Crippen molar-refractivity contribution in [1.82, 2.24) is 20.0 Å². The maximum Gasteiger partial charge on any atom is 0.271 e. The molecule has 1 amide bonds. The van der Waals surface area contributed by atoms with Crippen LogP contribution in [0.5, 0.6) is 5.75 Å². The molecule has 0 saturated carbocycles. The van der Waals surface area contributed by atoms with Crippen LogP contribution in [0.25, 0.3) is 0 Å². The Morgan fingerprint density at radius 2 is 1.81 bits per heavy atom. The number of benzene rings is 1. The molecule has 1 fully saturated rings. The van der Waals surface area contributed by atoms with Crippen LogP contribution in [0.15, 0.2) is 47.3 Å². The molecule has 0 unspecified atom stereocenters. The highest BCUT2D eigenvalue weighted by Crippen LogP contribution is 2.20. The van der Waals surface area contributed by atoms with Gasteiger partial charge in [-0.15, -0.1) is 0 Å². The molecule has 1 aromatic heterocycles. The molecule has 2 heterocycles. The summed E-state index contributed by atoms with van der Waals surface area (Å²) in [7, 11) is 0. The van der Waals surface area contributed by atoms with Gasteiger partial charge < -0.3 is 15.0 Å². The lowest BCUT2D eigenvalue weighted by Crippen LogP contribution is -2.39. The zero-order valence-corrected chi connectivity index (χ0v) is 18.6. The summed E-state index contributed by atoms with van der Waals surface area (Å²) in [4.78, 5) is 27.0. The maximum absolute atomic E-state index is 12.4. The molecule has 7 nitrogen and oxygen atoms in total. The summed E-state index contributed by atoms with van der Waals surface area (Å²) >= 11 is 0. The van der Waals surface area contributed by atoms with E-state index in [0.29, 0.717) is 13.2 Å². The number of para-hydroxylation sites is 1. The Hall–Kier alpha value is -2.67. The van der Waals surface area contributed by atoms with Gasteiger partial charge in [0.2, 0.25) is 0 Å². The minimum absolute atomic E-state index is 0.248. The first-order valence-corrected chi connectivity index (χ1v) is 11.3. The van der Waals surface area contributed by atoms with E-state index >= 15 is 0 Å². The molecule has 31 heavy (non-hydrogen) atoms.